The van der Waals surface area contributed by atoms with Crippen molar-refractivity contribution in [2.24, 2.45) is 5.92 Å². The van der Waals surface area contributed by atoms with Crippen LogP contribution in [0, 0.1) is 26.7 Å². The maximum Gasteiger partial charge on any atom is 0.250 e. The minimum absolute atomic E-state index is 0.0347. The van der Waals surface area contributed by atoms with E-state index in [1.165, 1.54) is 16.7 Å². The Morgan fingerprint density at radius 2 is 1.76 bits per heavy atom. The molecule has 3 aliphatic rings. The van der Waals surface area contributed by atoms with Gasteiger partial charge in [0.25, 0.3) is 5.88 Å². The molecule has 25 heavy (non-hydrogen) atoms. The van der Waals surface area contributed by atoms with Gasteiger partial charge in [-0.25, -0.2) is 4.90 Å². The van der Waals surface area contributed by atoms with Crippen LogP contribution in [0.3, 0.4) is 0 Å². The van der Waals surface area contributed by atoms with Crippen LogP contribution in [0.4, 0.5) is 11.6 Å². The van der Waals surface area contributed by atoms with Gasteiger partial charge in [-0.2, -0.15) is 0 Å². The molecule has 0 N–H and O–H groups in total. The number of hydrogen-bond donors (Lipinski definition) is 0. The summed E-state index contributed by atoms with van der Waals surface area (Å²) in [6.45, 7) is 6.35. The van der Waals surface area contributed by atoms with Crippen LogP contribution >= 0.6 is 0 Å². The van der Waals surface area contributed by atoms with Crippen molar-refractivity contribution in [3.63, 3.8) is 0 Å². The van der Waals surface area contributed by atoms with Gasteiger partial charge in [-0.05, 0) is 38.0 Å². The normalized spacial score (nSPS) is 23.1. The van der Waals surface area contributed by atoms with E-state index in [0.29, 0.717) is 5.88 Å². The molecule has 1 aromatic carbocycles. The van der Waals surface area contributed by atoms with Crippen molar-refractivity contribution >= 4 is 11.6 Å². The first-order valence-electron chi connectivity index (χ1n) is 8.52. The van der Waals surface area contributed by atoms with Gasteiger partial charge in [0.05, 0.1) is 17.9 Å². The fourth-order valence-electron chi connectivity index (χ4n) is 4.01. The lowest BCUT2D eigenvalue weighted by Gasteiger charge is -2.30. The summed E-state index contributed by atoms with van der Waals surface area (Å²) < 4.78 is 18.2. The molecule has 1 aliphatic carbocycles. The van der Waals surface area contributed by atoms with E-state index in [1.54, 1.807) is 6.26 Å². The minimum atomic E-state index is -0.0347. The Labute approximate surface area is 146 Å². The van der Waals surface area contributed by atoms with Crippen LogP contribution in [0.15, 0.2) is 64.8 Å². The highest BCUT2D eigenvalue weighted by atomic mass is 16.6. The SMILES string of the molecule is Cc1cc(C)c(N2C3=C(Oc4ccoc42)C2C=CC=CC2O3)c(C)c1. The van der Waals surface area contributed by atoms with Crippen LogP contribution in [0.5, 0.6) is 5.75 Å². The Balaban J connectivity index is 1.73. The molecular formula is C21H19NO3. The van der Waals surface area contributed by atoms with Crippen LogP contribution in [0.2, 0.25) is 0 Å². The van der Waals surface area contributed by atoms with E-state index in [4.69, 9.17) is 13.9 Å². The predicted molar refractivity (Wildman–Crippen MR) is 95.8 cm³/mol. The highest BCUT2D eigenvalue weighted by Crippen LogP contribution is 2.51. The number of fused-ring (bicyclic) bond motifs is 3. The quantitative estimate of drug-likeness (QED) is 0.732. The summed E-state index contributed by atoms with van der Waals surface area (Å²) in [5.74, 6) is 3.06. The highest BCUT2D eigenvalue weighted by Gasteiger charge is 2.45. The molecule has 0 saturated carbocycles. The molecule has 5 rings (SSSR count). The second-order valence-corrected chi connectivity index (χ2v) is 6.82. The lowest BCUT2D eigenvalue weighted by atomic mass is 9.97. The van der Waals surface area contributed by atoms with Gasteiger partial charge in [0.1, 0.15) is 6.10 Å². The van der Waals surface area contributed by atoms with Gasteiger partial charge in [0.2, 0.25) is 5.88 Å². The van der Waals surface area contributed by atoms with Crippen molar-refractivity contribution in [2.45, 2.75) is 26.9 Å². The van der Waals surface area contributed by atoms with E-state index in [0.717, 1.165) is 23.1 Å². The molecule has 0 saturated heterocycles. The largest absolute Gasteiger partial charge is 0.467 e. The zero-order valence-electron chi connectivity index (χ0n) is 14.4. The summed E-state index contributed by atoms with van der Waals surface area (Å²) in [6, 6.07) is 6.23. The third-order valence-corrected chi connectivity index (χ3v) is 4.94. The van der Waals surface area contributed by atoms with Gasteiger partial charge in [-0.15, -0.1) is 0 Å². The average Bonchev–Trinajstić information content (AvgIpc) is 3.17. The van der Waals surface area contributed by atoms with E-state index in [-0.39, 0.29) is 12.0 Å². The van der Waals surface area contributed by atoms with E-state index >= 15 is 0 Å². The molecule has 1 aromatic heterocycles. The van der Waals surface area contributed by atoms with E-state index in [1.807, 2.05) is 18.2 Å². The van der Waals surface area contributed by atoms with Crippen molar-refractivity contribution in [1.29, 1.82) is 0 Å². The third-order valence-electron chi connectivity index (χ3n) is 4.94. The second-order valence-electron chi connectivity index (χ2n) is 6.82. The highest BCUT2D eigenvalue weighted by molar-refractivity contribution is 5.76. The van der Waals surface area contributed by atoms with Crippen LogP contribution in [0.1, 0.15) is 16.7 Å². The number of hydrogen-bond acceptors (Lipinski definition) is 4. The van der Waals surface area contributed by atoms with Crippen LogP contribution in [0.25, 0.3) is 0 Å². The van der Waals surface area contributed by atoms with Gasteiger partial charge in [0.15, 0.2) is 11.5 Å². The first kappa shape index (κ1) is 14.5. The minimum Gasteiger partial charge on any atom is -0.467 e. The molecule has 2 atom stereocenters. The summed E-state index contributed by atoms with van der Waals surface area (Å²) >= 11 is 0. The Morgan fingerprint density at radius 1 is 1.00 bits per heavy atom. The molecule has 2 unspecified atom stereocenters. The summed E-state index contributed by atoms with van der Waals surface area (Å²) in [5.41, 5.74) is 4.69. The number of rotatable bonds is 1. The van der Waals surface area contributed by atoms with Gasteiger partial charge >= 0.3 is 0 Å². The fourth-order valence-corrected chi connectivity index (χ4v) is 4.01. The number of furan rings is 1. The first-order chi connectivity index (χ1) is 12.1. The van der Waals surface area contributed by atoms with Crippen molar-refractivity contribution < 1.29 is 13.9 Å². The Kier molecular flexibility index (Phi) is 2.93. The standard InChI is InChI=1S/C21H19NO3/c1-12-10-13(2)18(14(3)11-12)22-20-17(8-9-23-20)24-19-15-6-4-5-7-16(15)25-21(19)22/h4-11,15-16H,1-3H3. The first-order valence-corrected chi connectivity index (χ1v) is 8.52. The summed E-state index contributed by atoms with van der Waals surface area (Å²) in [4.78, 5) is 2.07. The number of allylic oxidation sites excluding steroid dienone is 2. The van der Waals surface area contributed by atoms with Crippen molar-refractivity contribution in [3.8, 4) is 5.75 Å². The molecule has 126 valence electrons. The molecule has 0 spiro atoms. The fraction of sp³-hybridized carbons (Fsp3) is 0.238. The lowest BCUT2D eigenvalue weighted by molar-refractivity contribution is 0.161. The topological polar surface area (TPSA) is 34.8 Å². The van der Waals surface area contributed by atoms with Gasteiger partial charge < -0.3 is 13.9 Å². The Bertz CT molecular complexity index is 940. The van der Waals surface area contributed by atoms with Crippen molar-refractivity contribution in [3.05, 3.63) is 77.1 Å². The number of anilines is 2. The summed E-state index contributed by atoms with van der Waals surface area (Å²) in [5, 5.41) is 0. The Morgan fingerprint density at radius 3 is 2.56 bits per heavy atom. The van der Waals surface area contributed by atoms with E-state index in [2.05, 4.69) is 50.0 Å². The van der Waals surface area contributed by atoms with Gasteiger partial charge in [0, 0.05) is 6.07 Å². The molecule has 0 fully saturated rings. The monoisotopic (exact) mass is 333 g/mol. The molecule has 2 aliphatic heterocycles. The van der Waals surface area contributed by atoms with Gasteiger partial charge in [-0.3, -0.25) is 0 Å². The Hall–Kier alpha value is -2.88. The number of benzene rings is 1. The lowest BCUT2D eigenvalue weighted by Crippen LogP contribution is -2.24. The molecule has 3 heterocycles. The summed E-state index contributed by atoms with van der Waals surface area (Å²) in [6.07, 6.45) is 9.89. The molecule has 4 heteroatoms. The number of aryl methyl sites for hydroxylation is 3. The third kappa shape index (κ3) is 2.00. The van der Waals surface area contributed by atoms with Crippen molar-refractivity contribution in [2.75, 3.05) is 4.90 Å². The molecule has 0 radical (unpaired) electrons. The molecule has 2 aromatic rings. The van der Waals surface area contributed by atoms with Gasteiger partial charge in [-0.1, -0.05) is 35.9 Å². The number of ether oxygens (including phenoxy) is 2. The maximum absolute atomic E-state index is 6.29. The number of nitrogens with zero attached hydrogens (tertiary/aromatic N) is 1. The van der Waals surface area contributed by atoms with Crippen LogP contribution in [-0.4, -0.2) is 6.10 Å². The maximum atomic E-state index is 6.29. The zero-order chi connectivity index (χ0) is 17.1. The molecule has 4 nitrogen and oxygen atoms in total. The predicted octanol–water partition coefficient (Wildman–Crippen LogP) is 5.05. The van der Waals surface area contributed by atoms with Crippen LogP contribution in [-0.2, 0) is 4.74 Å². The van der Waals surface area contributed by atoms with Crippen molar-refractivity contribution in [1.82, 2.24) is 0 Å². The zero-order valence-corrected chi connectivity index (χ0v) is 14.4. The molecule has 0 bridgehead atoms. The smallest absolute Gasteiger partial charge is 0.250 e. The molecule has 0 amide bonds. The van der Waals surface area contributed by atoms with E-state index in [9.17, 15) is 0 Å². The van der Waals surface area contributed by atoms with E-state index < -0.39 is 0 Å². The second kappa shape index (κ2) is 5.06. The molecular weight excluding hydrogens is 314 g/mol. The summed E-state index contributed by atoms with van der Waals surface area (Å²) in [7, 11) is 0. The average molecular weight is 333 g/mol. The van der Waals surface area contributed by atoms with Crippen LogP contribution < -0.4 is 9.64 Å².